The summed E-state index contributed by atoms with van der Waals surface area (Å²) < 4.78 is 0. The Labute approximate surface area is 137 Å². The van der Waals surface area contributed by atoms with E-state index in [1.54, 1.807) is 0 Å². The van der Waals surface area contributed by atoms with E-state index in [0.29, 0.717) is 6.54 Å². The van der Waals surface area contributed by atoms with E-state index in [1.165, 1.54) is 77.0 Å². The summed E-state index contributed by atoms with van der Waals surface area (Å²) in [7, 11) is 0. The van der Waals surface area contributed by atoms with Gasteiger partial charge in [-0.2, -0.15) is 0 Å². The van der Waals surface area contributed by atoms with Gasteiger partial charge >= 0.3 is 0 Å². The monoisotopic (exact) mass is 308 g/mol. The Hall–Kier alpha value is -0.990. The van der Waals surface area contributed by atoms with E-state index < -0.39 is 0 Å². The molecular formula is C18H36N4. The number of nitrogens with two attached hydrogens (primary N) is 1. The van der Waals surface area contributed by atoms with E-state index in [-0.39, 0.29) is 6.04 Å². The molecule has 0 rings (SSSR count). The predicted octanol–water partition coefficient (Wildman–Crippen LogP) is 6.27. The van der Waals surface area contributed by atoms with Crippen LogP contribution in [0.4, 0.5) is 0 Å². The molecule has 0 aromatic heterocycles. The molecule has 0 saturated heterocycles. The van der Waals surface area contributed by atoms with Gasteiger partial charge in [-0.3, -0.25) is 0 Å². The smallest absolute Gasteiger partial charge is 0.0445 e. The van der Waals surface area contributed by atoms with Crippen molar-refractivity contribution < 1.29 is 0 Å². The van der Waals surface area contributed by atoms with Gasteiger partial charge in [0.2, 0.25) is 0 Å². The lowest BCUT2D eigenvalue weighted by Crippen LogP contribution is -2.19. The zero-order valence-corrected chi connectivity index (χ0v) is 14.6. The first kappa shape index (κ1) is 21.0. The fourth-order valence-corrected chi connectivity index (χ4v) is 2.57. The topological polar surface area (TPSA) is 74.8 Å². The molecule has 0 aliphatic heterocycles. The predicted molar refractivity (Wildman–Crippen MR) is 96.8 cm³/mol. The van der Waals surface area contributed by atoms with E-state index in [9.17, 15) is 0 Å². The average Bonchev–Trinajstić information content (AvgIpc) is 2.53. The van der Waals surface area contributed by atoms with Gasteiger partial charge in [-0.15, -0.1) is 0 Å². The SMILES string of the molecule is CCCCCCCCCCCCCC/C=C\[C@@H](N)CN=[N+]=[N-]. The number of azide groups is 1. The number of allylic oxidation sites excluding steroid dienone is 1. The van der Waals surface area contributed by atoms with Gasteiger partial charge in [0.15, 0.2) is 0 Å². The molecule has 0 fully saturated rings. The van der Waals surface area contributed by atoms with Crippen molar-refractivity contribution in [1.82, 2.24) is 0 Å². The Morgan fingerprint density at radius 2 is 1.41 bits per heavy atom. The van der Waals surface area contributed by atoms with Crippen LogP contribution in [0.2, 0.25) is 0 Å². The highest BCUT2D eigenvalue weighted by Crippen LogP contribution is 2.12. The number of hydrogen-bond acceptors (Lipinski definition) is 2. The second-order valence-corrected chi connectivity index (χ2v) is 6.18. The van der Waals surface area contributed by atoms with Crippen LogP contribution >= 0.6 is 0 Å². The van der Waals surface area contributed by atoms with E-state index in [1.807, 2.05) is 6.08 Å². The van der Waals surface area contributed by atoms with Crippen molar-refractivity contribution in [2.24, 2.45) is 10.8 Å². The van der Waals surface area contributed by atoms with E-state index in [4.69, 9.17) is 11.3 Å². The molecule has 1 atom stereocenters. The van der Waals surface area contributed by atoms with Crippen LogP contribution in [0.5, 0.6) is 0 Å². The average molecular weight is 309 g/mol. The van der Waals surface area contributed by atoms with Gasteiger partial charge in [0.05, 0.1) is 0 Å². The van der Waals surface area contributed by atoms with Gasteiger partial charge in [-0.1, -0.05) is 94.8 Å². The number of hydrogen-bond donors (Lipinski definition) is 1. The van der Waals surface area contributed by atoms with Crippen LogP contribution in [0, 0.1) is 0 Å². The first-order valence-electron chi connectivity index (χ1n) is 9.24. The molecule has 4 heteroatoms. The number of unbranched alkanes of at least 4 members (excludes halogenated alkanes) is 12. The van der Waals surface area contributed by atoms with Gasteiger partial charge in [0.25, 0.3) is 0 Å². The highest BCUT2D eigenvalue weighted by atomic mass is 15.1. The molecule has 0 heterocycles. The third kappa shape index (κ3) is 17.1. The Balaban J connectivity index is 3.17. The zero-order chi connectivity index (χ0) is 16.3. The van der Waals surface area contributed by atoms with E-state index in [0.717, 1.165) is 6.42 Å². The summed E-state index contributed by atoms with van der Waals surface area (Å²) in [6.07, 6.45) is 21.7. The number of rotatable bonds is 16. The molecule has 128 valence electrons. The molecule has 0 saturated carbocycles. The second kappa shape index (κ2) is 18.1. The fraction of sp³-hybridized carbons (Fsp3) is 0.889. The van der Waals surface area contributed by atoms with Crippen molar-refractivity contribution in [2.45, 2.75) is 96.4 Å². The normalized spacial score (nSPS) is 12.5. The Kier molecular flexibility index (Phi) is 17.2. The number of nitrogens with zero attached hydrogens (tertiary/aromatic N) is 3. The summed E-state index contributed by atoms with van der Waals surface area (Å²) in [5, 5.41) is 3.46. The maximum atomic E-state index is 8.19. The molecule has 0 aliphatic carbocycles. The lowest BCUT2D eigenvalue weighted by atomic mass is 10.0. The summed E-state index contributed by atoms with van der Waals surface area (Å²) in [6.45, 7) is 2.62. The molecule has 0 amide bonds. The zero-order valence-electron chi connectivity index (χ0n) is 14.6. The highest BCUT2D eigenvalue weighted by Gasteiger charge is 1.94. The van der Waals surface area contributed by atoms with Gasteiger partial charge in [0, 0.05) is 17.5 Å². The maximum Gasteiger partial charge on any atom is 0.0445 e. The van der Waals surface area contributed by atoms with Crippen molar-refractivity contribution in [3.8, 4) is 0 Å². The van der Waals surface area contributed by atoms with Crippen molar-refractivity contribution in [2.75, 3.05) is 6.54 Å². The molecule has 0 aromatic carbocycles. The minimum absolute atomic E-state index is 0.131. The first-order chi connectivity index (χ1) is 10.8. The molecule has 0 unspecified atom stereocenters. The summed E-state index contributed by atoms with van der Waals surface area (Å²) in [6, 6.07) is -0.131. The third-order valence-electron chi connectivity index (χ3n) is 3.96. The van der Waals surface area contributed by atoms with Gasteiger partial charge < -0.3 is 5.73 Å². The molecule has 4 nitrogen and oxygen atoms in total. The molecule has 0 radical (unpaired) electrons. The van der Waals surface area contributed by atoms with Crippen LogP contribution < -0.4 is 5.73 Å². The Morgan fingerprint density at radius 3 is 1.91 bits per heavy atom. The van der Waals surface area contributed by atoms with Gasteiger partial charge in [-0.25, -0.2) is 0 Å². The highest BCUT2D eigenvalue weighted by molar-refractivity contribution is 4.92. The summed E-state index contributed by atoms with van der Waals surface area (Å²) in [5.41, 5.74) is 13.9. The fourth-order valence-electron chi connectivity index (χ4n) is 2.57. The third-order valence-corrected chi connectivity index (χ3v) is 3.96. The minimum Gasteiger partial charge on any atom is -0.324 e. The van der Waals surface area contributed by atoms with Gasteiger partial charge in [-0.05, 0) is 18.4 Å². The molecule has 0 aliphatic rings. The summed E-state index contributed by atoms with van der Waals surface area (Å²) >= 11 is 0. The lowest BCUT2D eigenvalue weighted by Gasteiger charge is -2.02. The Bertz CT molecular complexity index is 295. The van der Waals surface area contributed by atoms with Crippen LogP contribution in [-0.4, -0.2) is 12.6 Å². The minimum atomic E-state index is -0.131. The second-order valence-electron chi connectivity index (χ2n) is 6.18. The first-order valence-corrected chi connectivity index (χ1v) is 9.24. The van der Waals surface area contributed by atoms with E-state index in [2.05, 4.69) is 23.0 Å². The van der Waals surface area contributed by atoms with Gasteiger partial charge in [0.1, 0.15) is 0 Å². The summed E-state index contributed by atoms with van der Waals surface area (Å²) in [4.78, 5) is 2.70. The molecule has 2 N–H and O–H groups in total. The van der Waals surface area contributed by atoms with Crippen LogP contribution in [0.1, 0.15) is 90.4 Å². The summed E-state index contributed by atoms with van der Waals surface area (Å²) in [5.74, 6) is 0. The molecule has 22 heavy (non-hydrogen) atoms. The van der Waals surface area contributed by atoms with Crippen molar-refractivity contribution in [3.63, 3.8) is 0 Å². The van der Waals surface area contributed by atoms with Crippen LogP contribution in [0.25, 0.3) is 10.4 Å². The van der Waals surface area contributed by atoms with Crippen molar-refractivity contribution in [1.29, 1.82) is 0 Å². The van der Waals surface area contributed by atoms with Crippen molar-refractivity contribution >= 4 is 0 Å². The van der Waals surface area contributed by atoms with E-state index >= 15 is 0 Å². The lowest BCUT2D eigenvalue weighted by molar-refractivity contribution is 0.545. The molecule has 0 aromatic rings. The quantitative estimate of drug-likeness (QED) is 0.118. The molecule has 0 spiro atoms. The Morgan fingerprint density at radius 1 is 0.909 bits per heavy atom. The maximum absolute atomic E-state index is 8.19. The molecule has 0 bridgehead atoms. The standard InChI is InChI=1S/C18H36N4/c1-2-3-4-5-6-7-8-9-10-11-12-13-14-15-16-18(19)17-21-22-20/h15-16,18H,2-14,17,19H2,1H3/b16-15-/t18-/m1/s1. The largest absolute Gasteiger partial charge is 0.324 e. The molecular weight excluding hydrogens is 272 g/mol. The van der Waals surface area contributed by atoms with Crippen LogP contribution in [0.15, 0.2) is 17.3 Å². The van der Waals surface area contributed by atoms with Crippen LogP contribution in [-0.2, 0) is 0 Å². The van der Waals surface area contributed by atoms with Crippen LogP contribution in [0.3, 0.4) is 0 Å². The van der Waals surface area contributed by atoms with Crippen molar-refractivity contribution in [3.05, 3.63) is 22.6 Å².